The summed E-state index contributed by atoms with van der Waals surface area (Å²) < 4.78 is 5.74. The van der Waals surface area contributed by atoms with Gasteiger partial charge in [-0.2, -0.15) is 0 Å². The van der Waals surface area contributed by atoms with Crippen LogP contribution in [0.3, 0.4) is 0 Å². The molecule has 1 saturated heterocycles. The van der Waals surface area contributed by atoms with E-state index in [2.05, 4.69) is 5.32 Å². The van der Waals surface area contributed by atoms with Crippen molar-refractivity contribution in [2.75, 3.05) is 20.2 Å². The van der Waals surface area contributed by atoms with Crippen LogP contribution in [0.25, 0.3) is 0 Å². The van der Waals surface area contributed by atoms with Crippen LogP contribution in [0.15, 0.2) is 18.2 Å². The zero-order valence-corrected chi connectivity index (χ0v) is 14.7. The SMILES string of the molecule is Cc1cccc(OCC(=O)N(C)[C@H]2C[C@H]3CNC(=O)C[C@H]3C2)c1C. The molecule has 0 bridgehead atoms. The Balaban J connectivity index is 1.55. The van der Waals surface area contributed by atoms with Crippen LogP contribution < -0.4 is 10.1 Å². The van der Waals surface area contributed by atoms with Gasteiger partial charge in [0.2, 0.25) is 5.91 Å². The first-order chi connectivity index (χ1) is 11.5. The highest BCUT2D eigenvalue weighted by atomic mass is 16.5. The lowest BCUT2D eigenvalue weighted by atomic mass is 9.89. The second-order valence-corrected chi connectivity index (χ2v) is 7.14. The fraction of sp³-hybridized carbons (Fsp3) is 0.579. The highest BCUT2D eigenvalue weighted by Gasteiger charge is 2.40. The maximum absolute atomic E-state index is 12.5. The Hall–Kier alpha value is -2.04. The Kier molecular flexibility index (Phi) is 4.78. The number of nitrogens with zero attached hydrogens (tertiary/aromatic N) is 1. The first-order valence-corrected chi connectivity index (χ1v) is 8.67. The molecule has 1 aliphatic carbocycles. The summed E-state index contributed by atoms with van der Waals surface area (Å²) in [5, 5.41) is 2.93. The standard InChI is InChI=1S/C19H26N2O3/c1-12-5-4-6-17(13(12)2)24-11-19(23)21(3)16-7-14-9-18(22)20-10-15(14)8-16/h4-6,14-16H,7-11H2,1-3H3,(H,20,22)/t14-,15+,16-/m1/s1. The molecule has 1 N–H and O–H groups in total. The minimum atomic E-state index is -0.00108. The highest BCUT2D eigenvalue weighted by Crippen LogP contribution is 2.38. The minimum absolute atomic E-state index is 0.00108. The number of aryl methyl sites for hydroxylation is 1. The average molecular weight is 330 g/mol. The van der Waals surface area contributed by atoms with Crippen molar-refractivity contribution < 1.29 is 14.3 Å². The number of amides is 2. The lowest BCUT2D eigenvalue weighted by Crippen LogP contribution is -2.39. The number of rotatable bonds is 4. The monoisotopic (exact) mass is 330 g/mol. The molecule has 1 saturated carbocycles. The van der Waals surface area contributed by atoms with Crippen molar-refractivity contribution in [3.63, 3.8) is 0 Å². The van der Waals surface area contributed by atoms with Crippen LogP contribution in [0.1, 0.15) is 30.4 Å². The number of carbonyl (C=O) groups is 2. The van der Waals surface area contributed by atoms with E-state index in [1.807, 2.05) is 44.0 Å². The van der Waals surface area contributed by atoms with Crippen LogP contribution in [0.4, 0.5) is 0 Å². The summed E-state index contributed by atoms with van der Waals surface area (Å²) in [6.07, 6.45) is 2.49. The molecule has 3 atom stereocenters. The van der Waals surface area contributed by atoms with E-state index in [9.17, 15) is 9.59 Å². The molecule has 5 heteroatoms. The summed E-state index contributed by atoms with van der Waals surface area (Å²) in [5.74, 6) is 1.83. The predicted octanol–water partition coefficient (Wildman–Crippen LogP) is 2.06. The molecule has 130 valence electrons. The van der Waals surface area contributed by atoms with Crippen molar-refractivity contribution in [2.45, 2.75) is 39.2 Å². The Morgan fingerprint density at radius 1 is 1.29 bits per heavy atom. The maximum atomic E-state index is 12.5. The van der Waals surface area contributed by atoms with E-state index < -0.39 is 0 Å². The molecule has 5 nitrogen and oxygen atoms in total. The molecule has 0 radical (unpaired) electrons. The Labute approximate surface area is 143 Å². The van der Waals surface area contributed by atoms with Gasteiger partial charge in [0.15, 0.2) is 6.61 Å². The minimum Gasteiger partial charge on any atom is -0.483 e. The first-order valence-electron chi connectivity index (χ1n) is 8.67. The van der Waals surface area contributed by atoms with Gasteiger partial charge in [-0.25, -0.2) is 0 Å². The van der Waals surface area contributed by atoms with E-state index >= 15 is 0 Å². The van der Waals surface area contributed by atoms with Crippen molar-refractivity contribution in [1.29, 1.82) is 0 Å². The summed E-state index contributed by atoms with van der Waals surface area (Å²) in [7, 11) is 1.85. The molecular formula is C19H26N2O3. The smallest absolute Gasteiger partial charge is 0.260 e. The van der Waals surface area contributed by atoms with Crippen LogP contribution in [-0.2, 0) is 9.59 Å². The number of ether oxygens (including phenoxy) is 1. The number of fused-ring (bicyclic) bond motifs is 1. The van der Waals surface area contributed by atoms with Gasteiger partial charge in [-0.3, -0.25) is 9.59 Å². The van der Waals surface area contributed by atoms with Crippen molar-refractivity contribution in [3.8, 4) is 5.75 Å². The lowest BCUT2D eigenvalue weighted by molar-refractivity contribution is -0.134. The van der Waals surface area contributed by atoms with Crippen LogP contribution in [-0.4, -0.2) is 43.0 Å². The topological polar surface area (TPSA) is 58.6 Å². The number of hydrogen-bond donors (Lipinski definition) is 1. The fourth-order valence-electron chi connectivity index (χ4n) is 3.88. The molecule has 2 amide bonds. The highest BCUT2D eigenvalue weighted by molar-refractivity contribution is 5.78. The molecular weight excluding hydrogens is 304 g/mol. The van der Waals surface area contributed by atoms with Crippen LogP contribution >= 0.6 is 0 Å². The van der Waals surface area contributed by atoms with Crippen LogP contribution in [0, 0.1) is 25.7 Å². The van der Waals surface area contributed by atoms with Gasteiger partial charge in [-0.15, -0.1) is 0 Å². The number of nitrogens with one attached hydrogen (secondary N) is 1. The van der Waals surface area contributed by atoms with E-state index in [0.29, 0.717) is 18.3 Å². The van der Waals surface area contributed by atoms with Gasteiger partial charge in [0.05, 0.1) is 0 Å². The first kappa shape index (κ1) is 16.8. The van der Waals surface area contributed by atoms with Crippen molar-refractivity contribution >= 4 is 11.8 Å². The van der Waals surface area contributed by atoms with E-state index in [1.165, 1.54) is 0 Å². The molecule has 1 aliphatic heterocycles. The normalized spacial score (nSPS) is 25.8. The number of likely N-dealkylation sites (N-methyl/N-ethyl adjacent to an activating group) is 1. The Bertz CT molecular complexity index is 643. The summed E-state index contributed by atoms with van der Waals surface area (Å²) in [6.45, 7) is 4.85. The third-order valence-electron chi connectivity index (χ3n) is 5.67. The Morgan fingerprint density at radius 3 is 2.83 bits per heavy atom. The Morgan fingerprint density at radius 2 is 2.04 bits per heavy atom. The molecule has 24 heavy (non-hydrogen) atoms. The third-order valence-corrected chi connectivity index (χ3v) is 5.67. The van der Waals surface area contributed by atoms with E-state index in [0.717, 1.165) is 36.3 Å². The van der Waals surface area contributed by atoms with Crippen LogP contribution in [0.2, 0.25) is 0 Å². The van der Waals surface area contributed by atoms with E-state index in [4.69, 9.17) is 4.74 Å². The fourth-order valence-corrected chi connectivity index (χ4v) is 3.88. The summed E-state index contributed by atoms with van der Waals surface area (Å²) >= 11 is 0. The summed E-state index contributed by atoms with van der Waals surface area (Å²) in [5.41, 5.74) is 2.23. The number of piperidine rings is 1. The second kappa shape index (κ2) is 6.83. The van der Waals surface area contributed by atoms with Gasteiger partial charge in [0.1, 0.15) is 5.75 Å². The van der Waals surface area contributed by atoms with Gasteiger partial charge in [0.25, 0.3) is 5.91 Å². The van der Waals surface area contributed by atoms with Gasteiger partial charge in [-0.1, -0.05) is 12.1 Å². The third kappa shape index (κ3) is 3.40. The molecule has 2 fully saturated rings. The second-order valence-electron chi connectivity index (χ2n) is 7.14. The summed E-state index contributed by atoms with van der Waals surface area (Å²) in [4.78, 5) is 25.8. The molecule has 1 heterocycles. The largest absolute Gasteiger partial charge is 0.483 e. The van der Waals surface area contributed by atoms with Gasteiger partial charge in [-0.05, 0) is 55.7 Å². The number of hydrogen-bond acceptors (Lipinski definition) is 3. The van der Waals surface area contributed by atoms with Gasteiger partial charge < -0.3 is 15.0 Å². The van der Waals surface area contributed by atoms with E-state index in [1.54, 1.807) is 0 Å². The molecule has 2 aliphatic rings. The molecule has 0 unspecified atom stereocenters. The van der Waals surface area contributed by atoms with Crippen molar-refractivity contribution in [3.05, 3.63) is 29.3 Å². The van der Waals surface area contributed by atoms with Gasteiger partial charge >= 0.3 is 0 Å². The lowest BCUT2D eigenvalue weighted by Gasteiger charge is -2.25. The zero-order chi connectivity index (χ0) is 17.3. The molecule has 1 aromatic carbocycles. The predicted molar refractivity (Wildman–Crippen MR) is 91.8 cm³/mol. The van der Waals surface area contributed by atoms with E-state index in [-0.39, 0.29) is 24.5 Å². The number of benzene rings is 1. The van der Waals surface area contributed by atoms with Crippen LogP contribution in [0.5, 0.6) is 5.75 Å². The van der Waals surface area contributed by atoms with Crippen molar-refractivity contribution in [1.82, 2.24) is 10.2 Å². The summed E-state index contributed by atoms with van der Waals surface area (Å²) in [6, 6.07) is 6.09. The molecule has 0 spiro atoms. The average Bonchev–Trinajstić information content (AvgIpc) is 2.98. The zero-order valence-electron chi connectivity index (χ0n) is 14.7. The molecule has 3 rings (SSSR count). The molecule has 0 aromatic heterocycles. The number of carbonyl (C=O) groups excluding carboxylic acids is 2. The van der Waals surface area contributed by atoms with Crippen molar-refractivity contribution in [2.24, 2.45) is 11.8 Å². The molecule has 1 aromatic rings. The maximum Gasteiger partial charge on any atom is 0.260 e. The van der Waals surface area contributed by atoms with Gasteiger partial charge in [0, 0.05) is 26.1 Å². The quantitative estimate of drug-likeness (QED) is 0.919.